The molecule has 9 heteroatoms. The van der Waals surface area contributed by atoms with Crippen LogP contribution in [-0.4, -0.2) is 34.0 Å². The van der Waals surface area contributed by atoms with E-state index in [-0.39, 0.29) is 16.3 Å². The Kier molecular flexibility index (Phi) is 3.94. The van der Waals surface area contributed by atoms with Crippen molar-refractivity contribution in [3.63, 3.8) is 0 Å². The standard InChI is InChI=1S/C12H14N4O4S/c1-3-16-7-11(14-8(16)2)21(19,20)15-10-4-9(12(17)18)5-13-6-10/h4-7,15H,3H2,1-2H3,(H,17,18). The van der Waals surface area contributed by atoms with Gasteiger partial charge in [-0.25, -0.2) is 9.78 Å². The molecule has 2 N–H and O–H groups in total. The number of aromatic carboxylic acids is 1. The van der Waals surface area contributed by atoms with E-state index in [9.17, 15) is 13.2 Å². The van der Waals surface area contributed by atoms with Crippen LogP contribution in [0.4, 0.5) is 5.69 Å². The number of imidazole rings is 1. The van der Waals surface area contributed by atoms with Gasteiger partial charge in [0.05, 0.1) is 17.4 Å². The molecule has 112 valence electrons. The van der Waals surface area contributed by atoms with Crippen molar-refractivity contribution in [2.75, 3.05) is 4.72 Å². The highest BCUT2D eigenvalue weighted by atomic mass is 32.2. The van der Waals surface area contributed by atoms with E-state index in [1.54, 1.807) is 11.5 Å². The molecular formula is C12H14N4O4S. The van der Waals surface area contributed by atoms with E-state index in [2.05, 4.69) is 14.7 Å². The van der Waals surface area contributed by atoms with Gasteiger partial charge in [-0.1, -0.05) is 0 Å². The first-order valence-corrected chi connectivity index (χ1v) is 7.56. The van der Waals surface area contributed by atoms with Gasteiger partial charge in [0.25, 0.3) is 10.0 Å². The molecule has 0 saturated carbocycles. The van der Waals surface area contributed by atoms with E-state index in [1.807, 2.05) is 6.92 Å². The molecule has 0 atom stereocenters. The summed E-state index contributed by atoms with van der Waals surface area (Å²) in [4.78, 5) is 18.5. The number of anilines is 1. The van der Waals surface area contributed by atoms with E-state index < -0.39 is 16.0 Å². The molecule has 2 heterocycles. The highest BCUT2D eigenvalue weighted by molar-refractivity contribution is 7.92. The van der Waals surface area contributed by atoms with E-state index in [1.165, 1.54) is 18.5 Å². The van der Waals surface area contributed by atoms with Crippen LogP contribution in [0.1, 0.15) is 23.1 Å². The molecule has 0 aliphatic carbocycles. The second-order valence-corrected chi connectivity index (χ2v) is 5.91. The highest BCUT2D eigenvalue weighted by Crippen LogP contribution is 2.16. The Balaban J connectivity index is 2.32. The van der Waals surface area contributed by atoms with Crippen LogP contribution in [0.5, 0.6) is 0 Å². The Morgan fingerprint density at radius 3 is 2.71 bits per heavy atom. The molecule has 0 aliphatic heterocycles. The van der Waals surface area contributed by atoms with Gasteiger partial charge in [-0.15, -0.1) is 0 Å². The third-order valence-corrected chi connectivity index (χ3v) is 4.06. The van der Waals surface area contributed by atoms with E-state index in [4.69, 9.17) is 5.11 Å². The van der Waals surface area contributed by atoms with Crippen LogP contribution in [-0.2, 0) is 16.6 Å². The van der Waals surface area contributed by atoms with Crippen LogP contribution in [0, 0.1) is 6.92 Å². The van der Waals surface area contributed by atoms with Crippen molar-refractivity contribution >= 4 is 21.7 Å². The molecule has 0 aromatic carbocycles. The van der Waals surface area contributed by atoms with Crippen LogP contribution in [0.3, 0.4) is 0 Å². The molecule has 2 aromatic rings. The predicted molar refractivity (Wildman–Crippen MR) is 74.6 cm³/mol. The molecule has 0 aliphatic rings. The number of sulfonamides is 1. The molecule has 2 aromatic heterocycles. The molecule has 0 spiro atoms. The Morgan fingerprint density at radius 2 is 2.14 bits per heavy atom. The number of carbonyl (C=O) groups is 1. The first-order chi connectivity index (χ1) is 9.83. The average Bonchev–Trinajstić information content (AvgIpc) is 2.80. The van der Waals surface area contributed by atoms with Crippen molar-refractivity contribution in [3.05, 3.63) is 36.0 Å². The number of nitrogens with one attached hydrogen (secondary N) is 1. The van der Waals surface area contributed by atoms with E-state index >= 15 is 0 Å². The predicted octanol–water partition coefficient (Wildman–Crippen LogP) is 1.11. The molecule has 8 nitrogen and oxygen atoms in total. The number of hydrogen-bond acceptors (Lipinski definition) is 5. The van der Waals surface area contributed by atoms with Crippen molar-refractivity contribution in [2.45, 2.75) is 25.4 Å². The smallest absolute Gasteiger partial charge is 0.337 e. The number of rotatable bonds is 5. The maximum atomic E-state index is 12.2. The number of aromatic nitrogens is 3. The fraction of sp³-hybridized carbons (Fsp3) is 0.250. The van der Waals surface area contributed by atoms with Crippen molar-refractivity contribution in [3.8, 4) is 0 Å². The quantitative estimate of drug-likeness (QED) is 0.855. The lowest BCUT2D eigenvalue weighted by Gasteiger charge is -2.05. The lowest BCUT2D eigenvalue weighted by atomic mass is 10.3. The Hall–Kier alpha value is -2.42. The lowest BCUT2D eigenvalue weighted by Crippen LogP contribution is -2.14. The van der Waals surface area contributed by atoms with Crippen molar-refractivity contribution < 1.29 is 18.3 Å². The number of pyridine rings is 1. The molecule has 0 radical (unpaired) electrons. The minimum absolute atomic E-state index is 0.0681. The van der Waals surface area contributed by atoms with Gasteiger partial charge in [-0.2, -0.15) is 8.42 Å². The van der Waals surface area contributed by atoms with Crippen LogP contribution < -0.4 is 4.72 Å². The van der Waals surface area contributed by atoms with E-state index in [0.717, 1.165) is 6.20 Å². The van der Waals surface area contributed by atoms with Gasteiger partial charge in [0, 0.05) is 18.9 Å². The van der Waals surface area contributed by atoms with Gasteiger partial charge in [0.2, 0.25) is 0 Å². The Morgan fingerprint density at radius 1 is 1.43 bits per heavy atom. The van der Waals surface area contributed by atoms with Gasteiger partial charge >= 0.3 is 5.97 Å². The fourth-order valence-corrected chi connectivity index (χ4v) is 2.79. The summed E-state index contributed by atoms with van der Waals surface area (Å²) in [5, 5.41) is 8.74. The zero-order chi connectivity index (χ0) is 15.6. The first kappa shape index (κ1) is 15.0. The van der Waals surface area contributed by atoms with Crippen LogP contribution in [0.2, 0.25) is 0 Å². The molecule has 0 saturated heterocycles. The van der Waals surface area contributed by atoms with Crippen molar-refractivity contribution in [1.29, 1.82) is 0 Å². The SMILES string of the molecule is CCn1cc(S(=O)(=O)Nc2cncc(C(=O)O)c2)nc1C. The van der Waals surface area contributed by atoms with Gasteiger partial charge < -0.3 is 9.67 Å². The molecule has 0 fully saturated rings. The van der Waals surface area contributed by atoms with Crippen LogP contribution in [0.15, 0.2) is 29.7 Å². The second kappa shape index (κ2) is 5.52. The minimum atomic E-state index is -3.88. The summed E-state index contributed by atoms with van der Waals surface area (Å²) in [5.74, 6) is -0.607. The van der Waals surface area contributed by atoms with E-state index in [0.29, 0.717) is 12.4 Å². The zero-order valence-electron chi connectivity index (χ0n) is 11.4. The largest absolute Gasteiger partial charge is 0.478 e. The van der Waals surface area contributed by atoms with Gasteiger partial charge in [0.15, 0.2) is 5.03 Å². The number of carboxylic acid groups (broad SMARTS) is 1. The summed E-state index contributed by atoms with van der Waals surface area (Å²) in [6.45, 7) is 4.18. The number of nitrogens with zero attached hydrogens (tertiary/aromatic N) is 3. The number of aryl methyl sites for hydroxylation is 2. The summed E-state index contributed by atoms with van der Waals surface area (Å²) in [6, 6.07) is 1.19. The summed E-state index contributed by atoms with van der Waals surface area (Å²) in [5.41, 5.74) is -0.0379. The molecule has 2 rings (SSSR count). The number of hydrogen-bond donors (Lipinski definition) is 2. The van der Waals surface area contributed by atoms with Crippen LogP contribution >= 0.6 is 0 Å². The van der Waals surface area contributed by atoms with Crippen LogP contribution in [0.25, 0.3) is 0 Å². The van der Waals surface area contributed by atoms with Gasteiger partial charge in [-0.3, -0.25) is 9.71 Å². The second-order valence-electron chi connectivity index (χ2n) is 4.29. The first-order valence-electron chi connectivity index (χ1n) is 6.08. The lowest BCUT2D eigenvalue weighted by molar-refractivity contribution is 0.0696. The molecule has 0 amide bonds. The topological polar surface area (TPSA) is 114 Å². The summed E-state index contributed by atoms with van der Waals surface area (Å²) >= 11 is 0. The highest BCUT2D eigenvalue weighted by Gasteiger charge is 2.19. The van der Waals surface area contributed by atoms with Gasteiger partial charge in [0.1, 0.15) is 5.82 Å². The summed E-state index contributed by atoms with van der Waals surface area (Å²) < 4.78 is 28.4. The van der Waals surface area contributed by atoms with Gasteiger partial charge in [-0.05, 0) is 19.9 Å². The third-order valence-electron chi connectivity index (χ3n) is 2.81. The molecular weight excluding hydrogens is 296 g/mol. The fourth-order valence-electron chi connectivity index (χ4n) is 1.75. The third kappa shape index (κ3) is 3.19. The minimum Gasteiger partial charge on any atom is -0.478 e. The van der Waals surface area contributed by atoms with Crippen molar-refractivity contribution in [2.24, 2.45) is 0 Å². The molecule has 0 unspecified atom stereocenters. The maximum Gasteiger partial charge on any atom is 0.337 e. The zero-order valence-corrected chi connectivity index (χ0v) is 12.3. The summed E-state index contributed by atoms with van der Waals surface area (Å²) in [7, 11) is -3.88. The summed E-state index contributed by atoms with van der Waals surface area (Å²) in [6.07, 6.45) is 3.79. The monoisotopic (exact) mass is 310 g/mol. The maximum absolute atomic E-state index is 12.2. The Bertz CT molecular complexity index is 782. The number of carboxylic acids is 1. The normalized spacial score (nSPS) is 11.3. The average molecular weight is 310 g/mol. The van der Waals surface area contributed by atoms with Crippen molar-refractivity contribution in [1.82, 2.24) is 14.5 Å². The Labute approximate surface area is 121 Å². The molecule has 21 heavy (non-hydrogen) atoms. The molecule has 0 bridgehead atoms.